The molecule has 1 aliphatic heterocycles. The summed E-state index contributed by atoms with van der Waals surface area (Å²) in [5.41, 5.74) is 2.02. The number of nitrogens with zero attached hydrogens (tertiary/aromatic N) is 3. The Hall–Kier alpha value is -0.830. The van der Waals surface area contributed by atoms with Crippen LogP contribution in [0.1, 0.15) is 31.0 Å². The van der Waals surface area contributed by atoms with E-state index in [4.69, 9.17) is 11.6 Å². The van der Waals surface area contributed by atoms with Gasteiger partial charge in [-0.05, 0) is 25.7 Å². The van der Waals surface area contributed by atoms with Crippen molar-refractivity contribution in [3.63, 3.8) is 0 Å². The summed E-state index contributed by atoms with van der Waals surface area (Å²) in [7, 11) is 0. The molecular formula is C12H18ClN3. The second-order valence-electron chi connectivity index (χ2n) is 4.58. The van der Waals surface area contributed by atoms with Gasteiger partial charge in [0.2, 0.25) is 5.95 Å². The molecule has 0 aromatic carbocycles. The van der Waals surface area contributed by atoms with E-state index in [1.807, 2.05) is 13.1 Å². The number of aromatic nitrogens is 2. The summed E-state index contributed by atoms with van der Waals surface area (Å²) in [6, 6.07) is 0. The van der Waals surface area contributed by atoms with Gasteiger partial charge in [-0.2, -0.15) is 0 Å². The monoisotopic (exact) mass is 239 g/mol. The van der Waals surface area contributed by atoms with E-state index in [0.717, 1.165) is 36.2 Å². The van der Waals surface area contributed by atoms with E-state index >= 15 is 0 Å². The third kappa shape index (κ3) is 2.46. The molecule has 3 nitrogen and oxygen atoms in total. The number of piperidine rings is 1. The van der Waals surface area contributed by atoms with E-state index in [2.05, 4.69) is 21.8 Å². The van der Waals surface area contributed by atoms with Crippen molar-refractivity contribution in [2.75, 3.05) is 18.0 Å². The number of alkyl halides is 1. The predicted octanol–water partition coefficient (Wildman–Crippen LogP) is 2.76. The average molecular weight is 240 g/mol. The zero-order valence-electron chi connectivity index (χ0n) is 9.91. The van der Waals surface area contributed by atoms with Crippen LogP contribution in [0.2, 0.25) is 0 Å². The molecule has 1 aliphatic rings. The van der Waals surface area contributed by atoms with Crippen LogP contribution in [0.25, 0.3) is 0 Å². The van der Waals surface area contributed by atoms with Crippen molar-refractivity contribution in [1.82, 2.24) is 9.97 Å². The van der Waals surface area contributed by atoms with Crippen LogP contribution in [0.15, 0.2) is 6.20 Å². The van der Waals surface area contributed by atoms with Crippen molar-refractivity contribution in [2.24, 2.45) is 5.92 Å². The molecule has 0 spiro atoms. The van der Waals surface area contributed by atoms with Gasteiger partial charge in [0, 0.05) is 30.5 Å². The molecule has 0 bridgehead atoms. The van der Waals surface area contributed by atoms with Crippen LogP contribution in [-0.4, -0.2) is 23.1 Å². The topological polar surface area (TPSA) is 29.0 Å². The molecule has 1 fully saturated rings. The molecular weight excluding hydrogens is 222 g/mol. The molecule has 2 rings (SSSR count). The lowest BCUT2D eigenvalue weighted by atomic mass is 10.00. The largest absolute Gasteiger partial charge is 0.341 e. The normalized spacial score (nSPS) is 17.8. The summed E-state index contributed by atoms with van der Waals surface area (Å²) in [5, 5.41) is 0. The third-order valence-corrected chi connectivity index (χ3v) is 3.57. The Balaban J connectivity index is 2.12. The minimum Gasteiger partial charge on any atom is -0.341 e. The average Bonchev–Trinajstić information content (AvgIpc) is 2.30. The summed E-state index contributed by atoms with van der Waals surface area (Å²) in [6.07, 6.45) is 4.32. The Morgan fingerprint density at radius 1 is 1.44 bits per heavy atom. The number of hydrogen-bond acceptors (Lipinski definition) is 3. The summed E-state index contributed by atoms with van der Waals surface area (Å²) < 4.78 is 0. The Bertz CT molecular complexity index is 359. The van der Waals surface area contributed by atoms with E-state index < -0.39 is 0 Å². The summed E-state index contributed by atoms with van der Waals surface area (Å²) in [5.74, 6) is 2.18. The van der Waals surface area contributed by atoms with Crippen LogP contribution in [0.4, 0.5) is 5.95 Å². The smallest absolute Gasteiger partial charge is 0.225 e. The molecule has 0 saturated carbocycles. The highest BCUT2D eigenvalue weighted by Crippen LogP contribution is 2.20. The SMILES string of the molecule is Cc1nc(N2CCC(C)CC2)ncc1CCl. The van der Waals surface area contributed by atoms with Crippen LogP contribution in [0.3, 0.4) is 0 Å². The number of hydrogen-bond donors (Lipinski definition) is 0. The van der Waals surface area contributed by atoms with Gasteiger partial charge in [0.15, 0.2) is 0 Å². The van der Waals surface area contributed by atoms with E-state index in [9.17, 15) is 0 Å². The van der Waals surface area contributed by atoms with Gasteiger partial charge in [-0.15, -0.1) is 11.6 Å². The molecule has 0 radical (unpaired) electrons. The zero-order valence-corrected chi connectivity index (χ0v) is 10.7. The van der Waals surface area contributed by atoms with Crippen molar-refractivity contribution in [3.8, 4) is 0 Å². The highest BCUT2D eigenvalue weighted by molar-refractivity contribution is 6.17. The number of aryl methyl sites for hydroxylation is 1. The third-order valence-electron chi connectivity index (χ3n) is 3.28. The van der Waals surface area contributed by atoms with Crippen LogP contribution >= 0.6 is 11.6 Å². The Labute approximate surface area is 102 Å². The minimum atomic E-state index is 0.489. The molecule has 1 aromatic heterocycles. The van der Waals surface area contributed by atoms with E-state index in [1.54, 1.807) is 0 Å². The first-order valence-electron chi connectivity index (χ1n) is 5.84. The van der Waals surface area contributed by atoms with Gasteiger partial charge in [0.05, 0.1) is 5.88 Å². The van der Waals surface area contributed by atoms with Gasteiger partial charge in [-0.25, -0.2) is 9.97 Å². The standard InChI is InChI=1S/C12H18ClN3/c1-9-3-5-16(6-4-9)12-14-8-11(7-13)10(2)15-12/h8-9H,3-7H2,1-2H3. The van der Waals surface area contributed by atoms with E-state index in [0.29, 0.717) is 5.88 Å². The van der Waals surface area contributed by atoms with Gasteiger partial charge in [-0.3, -0.25) is 0 Å². The summed E-state index contributed by atoms with van der Waals surface area (Å²) in [6.45, 7) is 6.44. The molecule has 0 atom stereocenters. The van der Waals surface area contributed by atoms with Gasteiger partial charge in [0.25, 0.3) is 0 Å². The highest BCUT2D eigenvalue weighted by atomic mass is 35.5. The fourth-order valence-corrected chi connectivity index (χ4v) is 2.23. The van der Waals surface area contributed by atoms with Crippen molar-refractivity contribution in [1.29, 1.82) is 0 Å². The maximum absolute atomic E-state index is 5.80. The lowest BCUT2D eigenvalue weighted by Gasteiger charge is -2.30. The summed E-state index contributed by atoms with van der Waals surface area (Å²) >= 11 is 5.80. The molecule has 88 valence electrons. The molecule has 4 heteroatoms. The number of rotatable bonds is 2. The van der Waals surface area contributed by atoms with E-state index in [1.165, 1.54) is 12.8 Å². The lowest BCUT2D eigenvalue weighted by Crippen LogP contribution is -2.34. The fourth-order valence-electron chi connectivity index (χ4n) is 1.97. The van der Waals surface area contributed by atoms with Crippen LogP contribution < -0.4 is 4.90 Å². The molecule has 16 heavy (non-hydrogen) atoms. The van der Waals surface area contributed by atoms with Crippen LogP contribution in [-0.2, 0) is 5.88 Å². The number of anilines is 1. The van der Waals surface area contributed by atoms with Crippen LogP contribution in [0.5, 0.6) is 0 Å². The van der Waals surface area contributed by atoms with Crippen LogP contribution in [0, 0.1) is 12.8 Å². The Morgan fingerprint density at radius 2 is 2.12 bits per heavy atom. The second-order valence-corrected chi connectivity index (χ2v) is 4.85. The first-order chi connectivity index (χ1) is 7.70. The molecule has 2 heterocycles. The highest BCUT2D eigenvalue weighted by Gasteiger charge is 2.18. The van der Waals surface area contributed by atoms with Gasteiger partial charge in [-0.1, -0.05) is 6.92 Å². The van der Waals surface area contributed by atoms with Crippen molar-refractivity contribution in [2.45, 2.75) is 32.6 Å². The maximum atomic E-state index is 5.80. The quantitative estimate of drug-likeness (QED) is 0.744. The molecule has 0 aliphatic carbocycles. The first-order valence-corrected chi connectivity index (χ1v) is 6.37. The number of halogens is 1. The molecule has 0 amide bonds. The molecule has 1 aromatic rings. The van der Waals surface area contributed by atoms with Crippen molar-refractivity contribution < 1.29 is 0 Å². The van der Waals surface area contributed by atoms with Gasteiger partial charge >= 0.3 is 0 Å². The van der Waals surface area contributed by atoms with Gasteiger partial charge in [0.1, 0.15) is 0 Å². The minimum absolute atomic E-state index is 0.489. The first kappa shape index (κ1) is 11.6. The lowest BCUT2D eigenvalue weighted by molar-refractivity contribution is 0.434. The fraction of sp³-hybridized carbons (Fsp3) is 0.667. The molecule has 1 saturated heterocycles. The zero-order chi connectivity index (χ0) is 11.5. The molecule has 0 unspecified atom stereocenters. The summed E-state index contributed by atoms with van der Waals surface area (Å²) in [4.78, 5) is 11.2. The maximum Gasteiger partial charge on any atom is 0.225 e. The second kappa shape index (κ2) is 5.00. The van der Waals surface area contributed by atoms with E-state index in [-0.39, 0.29) is 0 Å². The van der Waals surface area contributed by atoms with Gasteiger partial charge < -0.3 is 4.90 Å². The Morgan fingerprint density at radius 3 is 2.69 bits per heavy atom. The molecule has 0 N–H and O–H groups in total. The van der Waals surface area contributed by atoms with Crippen molar-refractivity contribution in [3.05, 3.63) is 17.5 Å². The Kier molecular flexibility index (Phi) is 3.64. The van der Waals surface area contributed by atoms with Crippen molar-refractivity contribution >= 4 is 17.5 Å². The predicted molar refractivity (Wildman–Crippen MR) is 66.9 cm³/mol.